The third-order valence-corrected chi connectivity index (χ3v) is 9.59. The smallest absolute Gasteiger partial charge is 0.311 e. The fourth-order valence-electron chi connectivity index (χ4n) is 7.78. The van der Waals surface area contributed by atoms with E-state index in [1.54, 1.807) is 0 Å². The molecule has 0 N–H and O–H groups in total. The maximum Gasteiger partial charge on any atom is 0.311 e. The van der Waals surface area contributed by atoms with Gasteiger partial charge in [0.1, 0.15) is 11.7 Å². The zero-order valence-electron chi connectivity index (χ0n) is 20.1. The molecule has 5 nitrogen and oxygen atoms in total. The van der Waals surface area contributed by atoms with Crippen molar-refractivity contribution in [3.05, 3.63) is 42.0 Å². The van der Waals surface area contributed by atoms with Crippen molar-refractivity contribution in [2.24, 2.45) is 23.2 Å². The summed E-state index contributed by atoms with van der Waals surface area (Å²) in [5.74, 6) is 0.838. The number of hydrogen-bond donors (Lipinski definition) is 0. The quantitative estimate of drug-likeness (QED) is 0.504. The Hall–Kier alpha value is -1.69. The Labute approximate surface area is 198 Å². The highest BCUT2D eigenvalue weighted by atomic mass is 16.6. The van der Waals surface area contributed by atoms with Gasteiger partial charge in [0.25, 0.3) is 0 Å². The second kappa shape index (κ2) is 8.21. The molecule has 0 amide bonds. The first-order valence-corrected chi connectivity index (χ1v) is 13.0. The third kappa shape index (κ3) is 3.59. The minimum absolute atomic E-state index is 0.00241. The molecule has 3 saturated heterocycles. The molecule has 3 aliphatic heterocycles. The van der Waals surface area contributed by atoms with Crippen LogP contribution in [0.4, 0.5) is 0 Å². The molecule has 5 aliphatic rings. The van der Waals surface area contributed by atoms with Crippen molar-refractivity contribution in [1.29, 1.82) is 0 Å². The summed E-state index contributed by atoms with van der Waals surface area (Å²) < 4.78 is 12.6. The van der Waals surface area contributed by atoms with Gasteiger partial charge in [-0.2, -0.15) is 0 Å². The van der Waals surface area contributed by atoms with Gasteiger partial charge in [-0.15, -0.1) is 0 Å². The molecular formula is C28H38N2O3. The van der Waals surface area contributed by atoms with E-state index in [1.807, 2.05) is 0 Å². The fourth-order valence-corrected chi connectivity index (χ4v) is 7.78. The van der Waals surface area contributed by atoms with E-state index in [4.69, 9.17) is 9.47 Å². The summed E-state index contributed by atoms with van der Waals surface area (Å²) in [7, 11) is 0. The van der Waals surface area contributed by atoms with Crippen LogP contribution in [0.25, 0.3) is 6.08 Å². The molecule has 7 atom stereocenters. The Morgan fingerprint density at radius 2 is 1.88 bits per heavy atom. The number of rotatable bonds is 5. The summed E-state index contributed by atoms with van der Waals surface area (Å²) in [6, 6.07) is 10.5. The lowest BCUT2D eigenvalue weighted by atomic mass is 9.53. The minimum Gasteiger partial charge on any atom is -0.462 e. The van der Waals surface area contributed by atoms with Gasteiger partial charge in [-0.25, -0.2) is 0 Å². The number of carbonyl (C=O) groups excluding carboxylic acids is 1. The zero-order chi connectivity index (χ0) is 22.6. The molecule has 6 rings (SSSR count). The van der Waals surface area contributed by atoms with Crippen molar-refractivity contribution < 1.29 is 14.3 Å². The molecule has 1 aromatic carbocycles. The lowest BCUT2D eigenvalue weighted by molar-refractivity contribution is -0.146. The van der Waals surface area contributed by atoms with Gasteiger partial charge in [-0.3, -0.25) is 14.6 Å². The number of carbonyl (C=O) groups is 1. The van der Waals surface area contributed by atoms with Crippen molar-refractivity contribution in [1.82, 2.24) is 9.80 Å². The molecule has 0 aromatic heterocycles. The predicted octanol–water partition coefficient (Wildman–Crippen LogP) is 3.84. The Balaban J connectivity index is 1.06. The number of piperazine rings is 1. The number of benzene rings is 1. The Kier molecular flexibility index (Phi) is 5.43. The molecule has 33 heavy (non-hydrogen) atoms. The van der Waals surface area contributed by atoms with E-state index in [2.05, 4.69) is 66.1 Å². The number of esters is 1. The molecule has 0 radical (unpaired) electrons. The molecule has 2 aliphatic carbocycles. The van der Waals surface area contributed by atoms with Gasteiger partial charge in [0.15, 0.2) is 0 Å². The van der Waals surface area contributed by atoms with Crippen molar-refractivity contribution in [2.75, 3.05) is 39.3 Å². The van der Waals surface area contributed by atoms with Crippen LogP contribution >= 0.6 is 0 Å². The monoisotopic (exact) mass is 450 g/mol. The van der Waals surface area contributed by atoms with Gasteiger partial charge in [-0.05, 0) is 30.7 Å². The van der Waals surface area contributed by atoms with E-state index in [0.717, 1.165) is 45.7 Å². The molecule has 3 heterocycles. The topological polar surface area (TPSA) is 45.3 Å². The normalized spacial score (nSPS) is 43.1. The lowest BCUT2D eigenvalue weighted by Crippen LogP contribution is -2.55. The molecule has 1 aromatic rings. The Morgan fingerprint density at radius 3 is 2.67 bits per heavy atom. The van der Waals surface area contributed by atoms with Crippen LogP contribution in [0.15, 0.2) is 36.4 Å². The predicted molar refractivity (Wildman–Crippen MR) is 129 cm³/mol. The highest BCUT2D eigenvalue weighted by Crippen LogP contribution is 2.70. The lowest BCUT2D eigenvalue weighted by Gasteiger charge is -2.49. The molecule has 0 bridgehead atoms. The number of ether oxygens (including phenoxy) is 2. The molecule has 1 spiro atoms. The minimum atomic E-state index is -0.0254. The van der Waals surface area contributed by atoms with Crippen molar-refractivity contribution in [3.8, 4) is 0 Å². The Bertz CT molecular complexity index is 911. The number of fused-ring (bicyclic) bond motifs is 2. The summed E-state index contributed by atoms with van der Waals surface area (Å²) in [6.45, 7) is 10.7. The van der Waals surface area contributed by atoms with Crippen LogP contribution in [0.5, 0.6) is 0 Å². The standard InChI is InChI=1S/C28H38N2O3/c1-20-8-6-12-27(2)18-23-24(25-28(20,27)33-25)22(26(31)32-23)19-30-16-14-29(15-17-30)13-7-11-21-9-4-3-5-10-21/h3-5,7,9-11,20,22-25H,6,8,12-19H2,1-2H3/t20-,22-,23-,24+,25-,27+,28+/m1/s1. The molecule has 5 fully saturated rings. The van der Waals surface area contributed by atoms with Crippen LogP contribution < -0.4 is 0 Å². The molecule has 178 valence electrons. The summed E-state index contributed by atoms with van der Waals surface area (Å²) in [4.78, 5) is 18.0. The summed E-state index contributed by atoms with van der Waals surface area (Å²) >= 11 is 0. The average molecular weight is 451 g/mol. The van der Waals surface area contributed by atoms with Crippen LogP contribution in [-0.4, -0.2) is 72.8 Å². The summed E-state index contributed by atoms with van der Waals surface area (Å²) in [5, 5.41) is 0. The largest absolute Gasteiger partial charge is 0.462 e. The highest BCUT2D eigenvalue weighted by molar-refractivity contribution is 5.76. The molecule has 2 saturated carbocycles. The first kappa shape index (κ1) is 21.8. The Morgan fingerprint density at radius 1 is 1.12 bits per heavy atom. The van der Waals surface area contributed by atoms with Gasteiger partial charge < -0.3 is 9.47 Å². The fraction of sp³-hybridized carbons (Fsp3) is 0.679. The van der Waals surface area contributed by atoms with Crippen LogP contribution in [0, 0.1) is 23.2 Å². The molecular weight excluding hydrogens is 412 g/mol. The van der Waals surface area contributed by atoms with E-state index >= 15 is 0 Å². The molecule has 0 unspecified atom stereocenters. The van der Waals surface area contributed by atoms with Crippen LogP contribution in [0.1, 0.15) is 45.1 Å². The van der Waals surface area contributed by atoms with Crippen molar-refractivity contribution >= 4 is 12.0 Å². The summed E-state index contributed by atoms with van der Waals surface area (Å²) in [5.41, 5.74) is 1.42. The van der Waals surface area contributed by atoms with E-state index in [9.17, 15) is 4.79 Å². The SMILES string of the molecule is C[C@@H]1CCC[C@@]2(C)C[C@H]3OC(=O)[C@H](CN4CCN(CC=Cc5ccccc5)CC4)[C@@H]3[C@H]3O[C@@]132. The first-order valence-electron chi connectivity index (χ1n) is 13.0. The van der Waals surface area contributed by atoms with Crippen molar-refractivity contribution in [2.45, 2.75) is 57.3 Å². The zero-order valence-corrected chi connectivity index (χ0v) is 20.1. The van der Waals surface area contributed by atoms with Crippen LogP contribution in [0.2, 0.25) is 0 Å². The van der Waals surface area contributed by atoms with Crippen LogP contribution in [0.3, 0.4) is 0 Å². The number of hydrogen-bond acceptors (Lipinski definition) is 5. The number of nitrogens with zero attached hydrogens (tertiary/aromatic N) is 2. The summed E-state index contributed by atoms with van der Waals surface area (Å²) in [6.07, 6.45) is 9.47. The van der Waals surface area contributed by atoms with Gasteiger partial charge in [-0.1, -0.05) is 62.8 Å². The van der Waals surface area contributed by atoms with Gasteiger partial charge in [0, 0.05) is 50.6 Å². The van der Waals surface area contributed by atoms with Gasteiger partial charge in [0.05, 0.1) is 12.0 Å². The van der Waals surface area contributed by atoms with E-state index < -0.39 is 0 Å². The number of epoxide rings is 1. The molecule has 5 heteroatoms. The van der Waals surface area contributed by atoms with E-state index in [-0.39, 0.29) is 41.0 Å². The second-order valence-corrected chi connectivity index (χ2v) is 11.5. The maximum absolute atomic E-state index is 13.0. The third-order valence-electron chi connectivity index (χ3n) is 9.59. The van der Waals surface area contributed by atoms with E-state index in [0.29, 0.717) is 5.92 Å². The van der Waals surface area contributed by atoms with Crippen molar-refractivity contribution in [3.63, 3.8) is 0 Å². The van der Waals surface area contributed by atoms with Gasteiger partial charge in [0.2, 0.25) is 0 Å². The van der Waals surface area contributed by atoms with Crippen LogP contribution in [-0.2, 0) is 14.3 Å². The highest BCUT2D eigenvalue weighted by Gasteiger charge is 2.78. The van der Waals surface area contributed by atoms with E-state index in [1.165, 1.54) is 24.8 Å². The second-order valence-electron chi connectivity index (χ2n) is 11.5. The first-order chi connectivity index (χ1) is 16.0. The van der Waals surface area contributed by atoms with Gasteiger partial charge >= 0.3 is 5.97 Å². The maximum atomic E-state index is 13.0. The average Bonchev–Trinajstić information content (AvgIpc) is 3.50.